The first-order valence-corrected chi connectivity index (χ1v) is 18.0. The maximum atomic E-state index is 6.64. The lowest BCUT2D eigenvalue weighted by Gasteiger charge is -2.50. The molecule has 1 atom stereocenters. The highest BCUT2D eigenvalue weighted by Gasteiger charge is 2.50. The zero-order valence-electron chi connectivity index (χ0n) is 30.6. The van der Waals surface area contributed by atoms with Crippen LogP contribution in [0, 0.1) is 6.33 Å². The van der Waals surface area contributed by atoms with Gasteiger partial charge < -0.3 is 4.74 Å². The Morgan fingerprint density at radius 3 is 2.25 bits per heavy atom. The number of hydrogen-bond acceptors (Lipinski definition) is 2. The summed E-state index contributed by atoms with van der Waals surface area (Å²) in [6.07, 6.45) is 7.84. The molecular formula is C47H42N4O. The van der Waals surface area contributed by atoms with Crippen LogP contribution < -0.4 is 9.30 Å². The molecule has 0 N–H and O–H groups in total. The lowest BCUT2D eigenvalue weighted by Crippen LogP contribution is -2.56. The Morgan fingerprint density at radius 1 is 0.692 bits per heavy atom. The Kier molecular flexibility index (Phi) is 7.10. The van der Waals surface area contributed by atoms with Gasteiger partial charge in [0, 0.05) is 40.1 Å². The van der Waals surface area contributed by atoms with E-state index in [1.165, 1.54) is 27.8 Å². The first kappa shape index (κ1) is 32.0. The second kappa shape index (κ2) is 11.5. The molecule has 0 spiro atoms. The third kappa shape index (κ3) is 4.83. The summed E-state index contributed by atoms with van der Waals surface area (Å²) in [6.45, 7) is 13.8. The number of hydrogen-bond donors (Lipinski definition) is 0. The quantitative estimate of drug-likeness (QED) is 0.134. The predicted octanol–water partition coefficient (Wildman–Crippen LogP) is 10.7. The fraction of sp³-hybridized carbons (Fsp3) is 0.191. The zero-order valence-corrected chi connectivity index (χ0v) is 30.6. The fourth-order valence-corrected chi connectivity index (χ4v) is 8.20. The number of pyridine rings is 1. The van der Waals surface area contributed by atoms with Crippen LogP contribution in [0.2, 0.25) is 0 Å². The molecule has 52 heavy (non-hydrogen) atoms. The minimum absolute atomic E-state index is 0.00532. The van der Waals surface area contributed by atoms with Crippen LogP contribution in [0.3, 0.4) is 0 Å². The van der Waals surface area contributed by atoms with E-state index in [1.54, 1.807) is 0 Å². The first-order chi connectivity index (χ1) is 25.0. The van der Waals surface area contributed by atoms with Crippen LogP contribution in [0.4, 0.5) is 0 Å². The topological polar surface area (TPSA) is 35.9 Å². The number of fused-ring (bicyclic) bond motifs is 6. The summed E-state index contributed by atoms with van der Waals surface area (Å²) < 4.78 is 13.2. The third-order valence-electron chi connectivity index (χ3n) is 11.4. The smallest absolute Gasteiger partial charge is 0.269 e. The summed E-state index contributed by atoms with van der Waals surface area (Å²) in [4.78, 5) is 4.85. The van der Waals surface area contributed by atoms with Gasteiger partial charge in [-0.1, -0.05) is 114 Å². The summed E-state index contributed by atoms with van der Waals surface area (Å²) in [6, 6.07) is 47.1. The van der Waals surface area contributed by atoms with Gasteiger partial charge in [-0.2, -0.15) is 0 Å². The number of aromatic nitrogens is 4. The number of para-hydroxylation sites is 2. The maximum absolute atomic E-state index is 6.64. The highest BCUT2D eigenvalue weighted by Crippen LogP contribution is 2.51. The van der Waals surface area contributed by atoms with Crippen LogP contribution in [-0.4, -0.2) is 14.1 Å². The zero-order chi connectivity index (χ0) is 35.8. The molecular weight excluding hydrogens is 637 g/mol. The lowest BCUT2D eigenvalue weighted by atomic mass is 9.56. The molecule has 5 heteroatoms. The molecule has 256 valence electrons. The Bertz CT molecular complexity index is 2640. The van der Waals surface area contributed by atoms with Gasteiger partial charge in [0.15, 0.2) is 0 Å². The molecule has 3 aromatic heterocycles. The monoisotopic (exact) mass is 678 g/mol. The molecule has 0 amide bonds. The lowest BCUT2D eigenvalue weighted by molar-refractivity contribution is -0.617. The Hall–Kier alpha value is -5.94. The van der Waals surface area contributed by atoms with E-state index >= 15 is 0 Å². The van der Waals surface area contributed by atoms with E-state index < -0.39 is 0 Å². The van der Waals surface area contributed by atoms with Gasteiger partial charge in [0.2, 0.25) is 0 Å². The van der Waals surface area contributed by atoms with Gasteiger partial charge in [-0.25, -0.2) is 4.98 Å². The van der Waals surface area contributed by atoms with Gasteiger partial charge in [-0.15, -0.1) is 0 Å². The standard InChI is InChI=1S/C47H42N4O/c1-45(2,3)33-25-26-48-44(27-33)51-40-21-12-10-19-37(40)38-24-23-36(29-42(38)51)52-35-18-14-17-34(28-35)49-30-43-46(4,5)47(6,32-15-8-7-9-16-32)39-20-11-13-22-41(39)50(43)31-49/h7-30H,1-6H3. The normalized spacial score (nSPS) is 16.5. The van der Waals surface area contributed by atoms with Crippen molar-refractivity contribution in [3.05, 3.63) is 175 Å². The van der Waals surface area contributed by atoms with Crippen molar-refractivity contribution in [2.75, 3.05) is 0 Å². The van der Waals surface area contributed by atoms with Gasteiger partial charge in [0.1, 0.15) is 17.3 Å². The summed E-state index contributed by atoms with van der Waals surface area (Å²) in [5.74, 6) is 2.42. The maximum Gasteiger partial charge on any atom is 0.269 e. The van der Waals surface area contributed by atoms with Gasteiger partial charge in [-0.3, -0.25) is 13.7 Å². The minimum Gasteiger partial charge on any atom is -0.458 e. The molecule has 0 saturated carbocycles. The van der Waals surface area contributed by atoms with Crippen molar-refractivity contribution in [3.63, 3.8) is 0 Å². The Labute approximate surface area is 305 Å². The number of nitrogens with zero attached hydrogens (tertiary/aromatic N) is 4. The summed E-state index contributed by atoms with van der Waals surface area (Å²) >= 11 is 0. The van der Waals surface area contributed by atoms with Gasteiger partial charge in [0.25, 0.3) is 6.33 Å². The van der Waals surface area contributed by atoms with Gasteiger partial charge in [-0.05, 0) is 76.7 Å². The van der Waals surface area contributed by atoms with E-state index in [-0.39, 0.29) is 16.2 Å². The number of rotatable bonds is 5. The van der Waals surface area contributed by atoms with E-state index in [9.17, 15) is 0 Å². The van der Waals surface area contributed by atoms with Crippen LogP contribution >= 0.6 is 0 Å². The molecule has 0 bridgehead atoms. The van der Waals surface area contributed by atoms with Crippen molar-refractivity contribution in [1.29, 1.82) is 0 Å². The van der Waals surface area contributed by atoms with Crippen LogP contribution in [0.1, 0.15) is 63.9 Å². The fourth-order valence-electron chi connectivity index (χ4n) is 8.20. The molecule has 1 aliphatic heterocycles. The van der Waals surface area contributed by atoms with Crippen molar-refractivity contribution >= 4 is 21.8 Å². The van der Waals surface area contributed by atoms with E-state index in [0.717, 1.165) is 45.1 Å². The summed E-state index contributed by atoms with van der Waals surface area (Å²) in [5, 5.41) is 2.35. The molecule has 0 radical (unpaired) electrons. The number of imidazole rings is 1. The van der Waals surface area contributed by atoms with Crippen LogP contribution in [0.25, 0.3) is 39.0 Å². The molecule has 0 saturated heterocycles. The van der Waals surface area contributed by atoms with Crippen LogP contribution in [0.15, 0.2) is 146 Å². The van der Waals surface area contributed by atoms with Gasteiger partial charge in [0.05, 0.1) is 28.1 Å². The second-order valence-electron chi connectivity index (χ2n) is 15.7. The summed E-state index contributed by atoms with van der Waals surface area (Å²) in [7, 11) is 0. The summed E-state index contributed by atoms with van der Waals surface area (Å²) in [5.41, 5.74) is 8.86. The highest BCUT2D eigenvalue weighted by atomic mass is 16.5. The molecule has 5 aromatic carbocycles. The number of ether oxygens (including phenoxy) is 1. The molecule has 1 aliphatic rings. The molecule has 8 aromatic rings. The third-order valence-corrected chi connectivity index (χ3v) is 11.4. The van der Waals surface area contributed by atoms with Crippen molar-refractivity contribution in [2.24, 2.45) is 0 Å². The van der Waals surface area contributed by atoms with Crippen LogP contribution in [0.5, 0.6) is 11.5 Å². The second-order valence-corrected chi connectivity index (χ2v) is 15.7. The Morgan fingerprint density at radius 2 is 1.42 bits per heavy atom. The molecule has 5 nitrogen and oxygen atoms in total. The van der Waals surface area contributed by atoms with Crippen molar-refractivity contribution in [1.82, 2.24) is 14.1 Å². The van der Waals surface area contributed by atoms with Crippen molar-refractivity contribution < 1.29 is 9.30 Å². The molecule has 0 aliphatic carbocycles. The van der Waals surface area contributed by atoms with Crippen molar-refractivity contribution in [2.45, 2.75) is 57.8 Å². The SMILES string of the molecule is CC(C)(C)c1ccnc(-n2c3ccccc3c3ccc(Oc4cccc(-n5[c-][n+]6c(c5)C(C)(C)C(C)(c5ccccc5)c5ccccc5-6)c4)cc32)c1. The molecule has 0 fully saturated rings. The van der Waals surface area contributed by atoms with E-state index in [1.807, 2.05) is 18.3 Å². The number of benzene rings is 5. The van der Waals surface area contributed by atoms with E-state index in [4.69, 9.17) is 9.72 Å². The Balaban J connectivity index is 1.11. The van der Waals surface area contributed by atoms with Gasteiger partial charge >= 0.3 is 0 Å². The molecule has 1 unspecified atom stereocenters. The van der Waals surface area contributed by atoms with Crippen molar-refractivity contribution in [3.8, 4) is 28.7 Å². The van der Waals surface area contributed by atoms with E-state index in [0.29, 0.717) is 0 Å². The first-order valence-electron chi connectivity index (χ1n) is 18.0. The van der Waals surface area contributed by atoms with Crippen LogP contribution in [-0.2, 0) is 16.2 Å². The predicted molar refractivity (Wildman–Crippen MR) is 209 cm³/mol. The largest absolute Gasteiger partial charge is 0.458 e. The highest BCUT2D eigenvalue weighted by molar-refractivity contribution is 6.09. The average Bonchev–Trinajstić information content (AvgIpc) is 3.75. The average molecular weight is 679 g/mol. The minimum atomic E-state index is -0.249. The molecule has 9 rings (SSSR count). The van der Waals surface area contributed by atoms with E-state index in [2.05, 4.69) is 189 Å². The molecule has 4 heterocycles.